The molecule has 1 amide bonds. The van der Waals surface area contributed by atoms with Crippen molar-refractivity contribution in [1.82, 2.24) is 14.2 Å². The van der Waals surface area contributed by atoms with Gasteiger partial charge in [0.05, 0.1) is 17.4 Å². The highest BCUT2D eigenvalue weighted by Gasteiger charge is 2.40. The molecule has 1 aromatic carbocycles. The van der Waals surface area contributed by atoms with Crippen molar-refractivity contribution in [2.75, 3.05) is 37.7 Å². The Morgan fingerprint density at radius 2 is 1.79 bits per heavy atom. The minimum absolute atomic E-state index is 0.0423. The summed E-state index contributed by atoms with van der Waals surface area (Å²) in [6.07, 6.45) is 3.32. The van der Waals surface area contributed by atoms with E-state index in [2.05, 4.69) is 4.98 Å². The van der Waals surface area contributed by atoms with Gasteiger partial charge < -0.3 is 10.6 Å². The van der Waals surface area contributed by atoms with Crippen molar-refractivity contribution in [3.05, 3.63) is 59.9 Å². The zero-order chi connectivity index (χ0) is 23.6. The highest BCUT2D eigenvalue weighted by atomic mass is 32.2. The van der Waals surface area contributed by atoms with Crippen molar-refractivity contribution >= 4 is 25.8 Å². The van der Waals surface area contributed by atoms with Gasteiger partial charge in [0.15, 0.2) is 9.84 Å². The van der Waals surface area contributed by atoms with Gasteiger partial charge in [-0.3, -0.25) is 9.78 Å². The second kappa shape index (κ2) is 9.49. The number of aromatic nitrogens is 1. The van der Waals surface area contributed by atoms with Crippen LogP contribution in [0, 0.1) is 5.92 Å². The van der Waals surface area contributed by atoms with Crippen LogP contribution in [0.3, 0.4) is 0 Å². The summed E-state index contributed by atoms with van der Waals surface area (Å²) in [7, 11) is -7.03. The molecule has 2 unspecified atom stereocenters. The number of nitrogens with two attached hydrogens (primary N) is 1. The number of amides is 1. The van der Waals surface area contributed by atoms with Crippen molar-refractivity contribution < 1.29 is 21.6 Å². The molecule has 11 heteroatoms. The maximum Gasteiger partial charge on any atom is 0.244 e. The Morgan fingerprint density at radius 3 is 2.45 bits per heavy atom. The third-order valence-corrected chi connectivity index (χ3v) is 9.74. The van der Waals surface area contributed by atoms with E-state index in [1.165, 1.54) is 22.8 Å². The molecule has 2 aliphatic heterocycles. The summed E-state index contributed by atoms with van der Waals surface area (Å²) < 4.78 is 51.9. The summed E-state index contributed by atoms with van der Waals surface area (Å²) in [6.45, 7) is 0.742. The summed E-state index contributed by atoms with van der Waals surface area (Å²) in [5, 5.41) is 0. The second-order valence-corrected chi connectivity index (χ2v) is 12.8. The Balaban J connectivity index is 1.63. The number of sulfone groups is 1. The number of hydrogen-bond acceptors (Lipinski definition) is 7. The van der Waals surface area contributed by atoms with Gasteiger partial charge >= 0.3 is 0 Å². The molecule has 0 saturated carbocycles. The van der Waals surface area contributed by atoms with E-state index in [1.807, 2.05) is 30.3 Å². The van der Waals surface area contributed by atoms with E-state index in [0.29, 0.717) is 12.0 Å². The number of nitrogens with zero attached hydrogens (tertiary/aromatic N) is 3. The molecule has 4 rings (SSSR count). The smallest absolute Gasteiger partial charge is 0.244 e. The lowest BCUT2D eigenvalue weighted by Crippen LogP contribution is -2.52. The molecular weight excluding hydrogens is 464 g/mol. The fourth-order valence-electron chi connectivity index (χ4n) is 4.46. The Kier molecular flexibility index (Phi) is 6.85. The Labute approximate surface area is 194 Å². The van der Waals surface area contributed by atoms with Crippen LogP contribution >= 0.6 is 0 Å². The Bertz CT molecular complexity index is 1200. The molecule has 0 bridgehead atoms. The van der Waals surface area contributed by atoms with Crippen LogP contribution in [0.4, 0.5) is 0 Å². The molecule has 0 radical (unpaired) electrons. The quantitative estimate of drug-likeness (QED) is 0.646. The highest BCUT2D eigenvalue weighted by molar-refractivity contribution is 7.91. The van der Waals surface area contributed by atoms with Gasteiger partial charge in [-0.25, -0.2) is 16.8 Å². The van der Waals surface area contributed by atoms with E-state index in [9.17, 15) is 21.6 Å². The van der Waals surface area contributed by atoms with E-state index in [-0.39, 0.29) is 61.0 Å². The molecule has 2 atom stereocenters. The largest absolute Gasteiger partial charge is 0.340 e. The summed E-state index contributed by atoms with van der Waals surface area (Å²) in [5.74, 6) is -1.05. The number of sulfonamides is 1. The fraction of sp³-hybridized carbons (Fsp3) is 0.455. The van der Waals surface area contributed by atoms with Crippen LogP contribution in [0.5, 0.6) is 0 Å². The number of pyridine rings is 1. The van der Waals surface area contributed by atoms with Crippen molar-refractivity contribution in [3.8, 4) is 0 Å². The van der Waals surface area contributed by atoms with Gasteiger partial charge in [0, 0.05) is 45.1 Å². The predicted molar refractivity (Wildman–Crippen MR) is 123 cm³/mol. The zero-order valence-corrected chi connectivity index (χ0v) is 19.8. The van der Waals surface area contributed by atoms with Crippen LogP contribution in [-0.2, 0) is 31.2 Å². The second-order valence-electron chi connectivity index (χ2n) is 8.57. The minimum atomic E-state index is -3.90. The number of hydrogen-bond donors (Lipinski definition) is 1. The molecule has 9 nitrogen and oxygen atoms in total. The van der Waals surface area contributed by atoms with Crippen molar-refractivity contribution in [2.24, 2.45) is 11.7 Å². The van der Waals surface area contributed by atoms with E-state index in [1.54, 1.807) is 4.90 Å². The molecule has 1 aromatic heterocycles. The maximum atomic E-state index is 13.5. The molecular formula is C22H28N4O5S2. The standard InChI is InChI=1S/C22H28N4O5S2/c23-12-17-10-21(14-24-13-17)33(30,31)26-15-19(18-4-2-1-3-5-18)11-20(16-26)22(27)25-6-8-32(28,29)9-7-25/h1-5,10,13-14,19-20H,6-9,11-12,15-16,23H2. The lowest BCUT2D eigenvalue weighted by Gasteiger charge is -2.39. The van der Waals surface area contributed by atoms with E-state index in [4.69, 9.17) is 5.73 Å². The first kappa shape index (κ1) is 23.8. The highest BCUT2D eigenvalue weighted by Crippen LogP contribution is 2.34. The third-order valence-electron chi connectivity index (χ3n) is 6.34. The molecule has 0 aliphatic carbocycles. The number of rotatable bonds is 5. The Hall–Kier alpha value is -2.34. The summed E-state index contributed by atoms with van der Waals surface area (Å²) in [6, 6.07) is 11.1. The van der Waals surface area contributed by atoms with Gasteiger partial charge in [-0.2, -0.15) is 4.31 Å². The van der Waals surface area contributed by atoms with Gasteiger partial charge in [0.25, 0.3) is 0 Å². The van der Waals surface area contributed by atoms with Crippen LogP contribution < -0.4 is 5.73 Å². The molecule has 178 valence electrons. The van der Waals surface area contributed by atoms with Crippen molar-refractivity contribution in [2.45, 2.75) is 23.8 Å². The van der Waals surface area contributed by atoms with Gasteiger partial charge in [0.1, 0.15) is 4.90 Å². The molecule has 2 aliphatic rings. The zero-order valence-electron chi connectivity index (χ0n) is 18.2. The van der Waals surface area contributed by atoms with Crippen LogP contribution in [0.15, 0.2) is 53.7 Å². The summed E-state index contributed by atoms with van der Waals surface area (Å²) in [5.41, 5.74) is 7.23. The summed E-state index contributed by atoms with van der Waals surface area (Å²) in [4.78, 5) is 19.0. The first-order valence-electron chi connectivity index (χ1n) is 10.9. The minimum Gasteiger partial charge on any atom is -0.340 e. The molecule has 2 saturated heterocycles. The lowest BCUT2D eigenvalue weighted by atomic mass is 9.85. The van der Waals surface area contributed by atoms with Gasteiger partial charge in [-0.15, -0.1) is 0 Å². The van der Waals surface area contributed by atoms with E-state index >= 15 is 0 Å². The number of carbonyl (C=O) groups is 1. The third kappa shape index (κ3) is 5.26. The molecule has 2 aromatic rings. The van der Waals surface area contributed by atoms with Crippen molar-refractivity contribution in [1.29, 1.82) is 0 Å². The van der Waals surface area contributed by atoms with Crippen LogP contribution in [0.25, 0.3) is 0 Å². The van der Waals surface area contributed by atoms with Crippen molar-refractivity contribution in [3.63, 3.8) is 0 Å². The number of benzene rings is 1. The van der Waals surface area contributed by atoms with E-state index < -0.39 is 25.8 Å². The monoisotopic (exact) mass is 492 g/mol. The molecule has 0 spiro atoms. The first-order valence-corrected chi connectivity index (χ1v) is 14.1. The Morgan fingerprint density at radius 1 is 1.09 bits per heavy atom. The van der Waals surface area contributed by atoms with E-state index in [0.717, 1.165) is 5.56 Å². The first-order chi connectivity index (χ1) is 15.7. The lowest BCUT2D eigenvalue weighted by molar-refractivity contribution is -0.136. The van der Waals surface area contributed by atoms with Gasteiger partial charge in [0.2, 0.25) is 15.9 Å². The van der Waals surface area contributed by atoms with Crippen LogP contribution in [0.2, 0.25) is 0 Å². The molecule has 2 N–H and O–H groups in total. The maximum absolute atomic E-state index is 13.5. The normalized spacial score (nSPS) is 23.8. The SMILES string of the molecule is NCc1cncc(S(=O)(=O)N2CC(C(=O)N3CCS(=O)(=O)CC3)CC(c3ccccc3)C2)c1. The number of carbonyl (C=O) groups excluding carboxylic acids is 1. The van der Waals surface area contributed by atoms with Crippen LogP contribution in [-0.4, -0.2) is 74.6 Å². The average molecular weight is 493 g/mol. The average Bonchev–Trinajstić information content (AvgIpc) is 2.84. The van der Waals surface area contributed by atoms with Gasteiger partial charge in [-0.05, 0) is 29.5 Å². The molecule has 2 fully saturated rings. The summed E-state index contributed by atoms with van der Waals surface area (Å²) >= 11 is 0. The predicted octanol–water partition coefficient (Wildman–Crippen LogP) is 0.592. The van der Waals surface area contributed by atoms with Gasteiger partial charge in [-0.1, -0.05) is 30.3 Å². The molecule has 3 heterocycles. The topological polar surface area (TPSA) is 131 Å². The fourth-order valence-corrected chi connectivity index (χ4v) is 7.20. The molecule has 33 heavy (non-hydrogen) atoms. The number of piperidine rings is 1. The van der Waals surface area contributed by atoms with Crippen LogP contribution in [0.1, 0.15) is 23.5 Å².